The Kier molecular flexibility index (Phi) is 10.1. The van der Waals surface area contributed by atoms with Gasteiger partial charge in [0, 0.05) is 44.1 Å². The van der Waals surface area contributed by atoms with Gasteiger partial charge in [-0.25, -0.2) is 15.3 Å². The van der Waals surface area contributed by atoms with E-state index in [0.29, 0.717) is 0 Å². The Bertz CT molecular complexity index is 1480. The second-order valence-electron chi connectivity index (χ2n) is 10.7. The molecule has 3 aliphatic rings. The molecule has 2 unspecified atom stereocenters. The number of hydrazone groups is 1. The Morgan fingerprint density at radius 2 is 1.64 bits per heavy atom. The van der Waals surface area contributed by atoms with Gasteiger partial charge in [0.15, 0.2) is 18.3 Å². The van der Waals surface area contributed by atoms with Crippen molar-refractivity contribution >= 4 is 58.3 Å². The number of esters is 4. The van der Waals surface area contributed by atoms with Gasteiger partial charge < -0.3 is 23.7 Å². The van der Waals surface area contributed by atoms with Crippen molar-refractivity contribution < 1.29 is 47.7 Å². The molecular formula is C30H33N3O10S2. The molecule has 2 aromatic rings. The predicted molar refractivity (Wildman–Crippen MR) is 162 cm³/mol. The van der Waals surface area contributed by atoms with Crippen molar-refractivity contribution in [3.63, 3.8) is 0 Å². The maximum atomic E-state index is 12.2. The third kappa shape index (κ3) is 7.32. The zero-order chi connectivity index (χ0) is 32.2. The summed E-state index contributed by atoms with van der Waals surface area (Å²) in [6.45, 7) is 4.25. The zero-order valence-corrected chi connectivity index (χ0v) is 26.6. The number of hydrogen-bond acceptors (Lipinski definition) is 13. The van der Waals surface area contributed by atoms with E-state index < -0.39 is 54.6 Å². The molecule has 240 valence electrons. The molecule has 13 nitrogen and oxygen atoms in total. The minimum atomic E-state index is -1.46. The Hall–Kier alpha value is -3.92. The van der Waals surface area contributed by atoms with Crippen molar-refractivity contribution in [1.29, 1.82) is 0 Å². The van der Waals surface area contributed by atoms with Crippen LogP contribution in [-0.2, 0) is 54.1 Å². The van der Waals surface area contributed by atoms with Crippen molar-refractivity contribution in [1.82, 2.24) is 10.5 Å². The third-order valence-corrected chi connectivity index (χ3v) is 8.70. The molecule has 0 radical (unpaired) electrons. The summed E-state index contributed by atoms with van der Waals surface area (Å²) in [5.74, 6) is -2.78. The van der Waals surface area contributed by atoms with Crippen LogP contribution in [0.15, 0.2) is 46.9 Å². The smallest absolute Gasteiger partial charge is 0.303 e. The van der Waals surface area contributed by atoms with E-state index in [1.54, 1.807) is 16.3 Å². The average Bonchev–Trinajstić information content (AvgIpc) is 3.65. The van der Waals surface area contributed by atoms with Crippen molar-refractivity contribution in [3.8, 4) is 0 Å². The summed E-state index contributed by atoms with van der Waals surface area (Å²) in [6.07, 6.45) is -4.95. The fourth-order valence-corrected chi connectivity index (χ4v) is 6.89. The summed E-state index contributed by atoms with van der Waals surface area (Å²) in [5, 5.41) is 8.72. The van der Waals surface area contributed by atoms with Gasteiger partial charge in [-0.1, -0.05) is 30.3 Å². The van der Waals surface area contributed by atoms with Gasteiger partial charge in [-0.2, -0.15) is 5.10 Å². The lowest BCUT2D eigenvalue weighted by atomic mass is 9.79. The number of thiophene rings is 1. The second kappa shape index (κ2) is 14.0. The number of nitrogens with zero attached hydrogens (tertiary/aromatic N) is 2. The molecule has 1 N–H and O–H groups in total. The summed E-state index contributed by atoms with van der Waals surface area (Å²) in [5.41, 5.74) is 5.93. The molecule has 1 saturated heterocycles. The number of carbonyl (C=O) groups excluding carboxylic acids is 4. The molecule has 7 atom stereocenters. The van der Waals surface area contributed by atoms with Crippen LogP contribution in [0.4, 0.5) is 0 Å². The Labute approximate surface area is 268 Å². The maximum Gasteiger partial charge on any atom is 0.303 e. The molecule has 0 bridgehead atoms. The largest absolute Gasteiger partial charge is 0.463 e. The minimum absolute atomic E-state index is 0.0731. The fraction of sp³-hybridized carbons (Fsp3) is 0.467. The topological polar surface area (TPSA) is 151 Å². The van der Waals surface area contributed by atoms with Gasteiger partial charge >= 0.3 is 23.9 Å². The second-order valence-corrected chi connectivity index (χ2v) is 12.1. The Balaban J connectivity index is 1.42. The van der Waals surface area contributed by atoms with Crippen LogP contribution in [-0.4, -0.2) is 77.0 Å². The van der Waals surface area contributed by atoms with E-state index in [9.17, 15) is 19.2 Å². The molecule has 0 saturated carbocycles. The number of nitrogens with one attached hydrogen (secondary N) is 1. The van der Waals surface area contributed by atoms with E-state index >= 15 is 0 Å². The van der Waals surface area contributed by atoms with Gasteiger partial charge in [0.2, 0.25) is 11.4 Å². The number of fused-ring (bicyclic) bond motifs is 3. The molecule has 1 fully saturated rings. The normalized spacial score (nSPS) is 26.9. The van der Waals surface area contributed by atoms with Crippen LogP contribution in [0.1, 0.15) is 56.2 Å². The SMILES string of the molecule is CC(=O)OC[C@H]1O[C@@H](ONC(=S)N2N=C3c4ccccc4CCC3C2c2cccs2)[C@H](OC(C)=O)[C@@H](OC(C)=O)[C@@H]1OC(C)=O. The van der Waals surface area contributed by atoms with Crippen LogP contribution in [0.2, 0.25) is 0 Å². The van der Waals surface area contributed by atoms with Crippen LogP contribution < -0.4 is 5.48 Å². The summed E-state index contributed by atoms with van der Waals surface area (Å²) in [6, 6.07) is 11.9. The lowest BCUT2D eigenvalue weighted by Crippen LogP contribution is -2.63. The number of thiocarbonyl (C=S) groups is 1. The highest BCUT2D eigenvalue weighted by atomic mass is 32.1. The Morgan fingerprint density at radius 3 is 2.31 bits per heavy atom. The first-order chi connectivity index (χ1) is 21.5. The Morgan fingerprint density at radius 1 is 0.956 bits per heavy atom. The molecule has 45 heavy (non-hydrogen) atoms. The molecule has 1 aromatic carbocycles. The monoisotopic (exact) mass is 659 g/mol. The number of hydroxylamine groups is 1. The van der Waals surface area contributed by atoms with Crippen LogP contribution in [0.5, 0.6) is 0 Å². The number of rotatable bonds is 8. The first kappa shape index (κ1) is 32.5. The van der Waals surface area contributed by atoms with E-state index in [-0.39, 0.29) is 23.7 Å². The first-order valence-corrected chi connectivity index (χ1v) is 15.6. The van der Waals surface area contributed by atoms with Gasteiger partial charge in [0.25, 0.3) is 0 Å². The highest BCUT2D eigenvalue weighted by Crippen LogP contribution is 2.44. The van der Waals surface area contributed by atoms with E-state index in [2.05, 4.69) is 17.6 Å². The molecule has 5 rings (SSSR count). The number of benzene rings is 1. The predicted octanol–water partition coefficient (Wildman–Crippen LogP) is 2.96. The highest BCUT2D eigenvalue weighted by Gasteiger charge is 2.53. The van der Waals surface area contributed by atoms with Crippen LogP contribution in [0.25, 0.3) is 0 Å². The third-order valence-electron chi connectivity index (χ3n) is 7.48. The molecule has 2 aliphatic heterocycles. The van der Waals surface area contributed by atoms with E-state index in [1.807, 2.05) is 29.6 Å². The van der Waals surface area contributed by atoms with E-state index in [4.69, 9.17) is 45.8 Å². The molecule has 1 aromatic heterocycles. The fourth-order valence-electron chi connectivity index (χ4n) is 5.81. The van der Waals surface area contributed by atoms with Gasteiger partial charge in [0.1, 0.15) is 12.7 Å². The number of ether oxygens (including phenoxy) is 5. The molecule has 15 heteroatoms. The van der Waals surface area contributed by atoms with Crippen LogP contribution in [0, 0.1) is 5.92 Å². The van der Waals surface area contributed by atoms with Crippen molar-refractivity contribution in [2.24, 2.45) is 11.0 Å². The molecule has 0 amide bonds. The number of aryl methyl sites for hydroxylation is 1. The van der Waals surface area contributed by atoms with E-state index in [1.165, 1.54) is 12.5 Å². The molecule has 1 aliphatic carbocycles. The minimum Gasteiger partial charge on any atom is -0.463 e. The summed E-state index contributed by atoms with van der Waals surface area (Å²) in [4.78, 5) is 54.9. The number of carbonyl (C=O) groups is 4. The lowest BCUT2D eigenvalue weighted by molar-refractivity contribution is -0.316. The molecular weight excluding hydrogens is 626 g/mol. The highest BCUT2D eigenvalue weighted by molar-refractivity contribution is 7.80. The van der Waals surface area contributed by atoms with Crippen LogP contribution in [0.3, 0.4) is 0 Å². The average molecular weight is 660 g/mol. The van der Waals surface area contributed by atoms with Crippen molar-refractivity contribution in [2.45, 2.75) is 77.3 Å². The maximum absolute atomic E-state index is 12.2. The van der Waals surface area contributed by atoms with Gasteiger partial charge in [0.05, 0.1) is 11.8 Å². The molecule has 0 spiro atoms. The quantitative estimate of drug-likeness (QED) is 0.192. The van der Waals surface area contributed by atoms with Gasteiger partial charge in [-0.3, -0.25) is 19.2 Å². The standard InChI is InChI=1S/C30H33N3O10S2/c1-15(34)38-14-22-26(39-16(2)35)27(40-17(3)36)28(41-18(4)37)29(42-22)43-32-30(44)33-25(23-10-7-13-45-23)21-12-11-19-8-5-6-9-20(19)24(21)31-33/h5-10,13,21-22,25-29H,11-12,14H2,1-4H3,(H,32,44)/t21?,22-,25?,26-,27+,28-,29+/m1/s1. The first-order valence-electron chi connectivity index (χ1n) is 14.3. The summed E-state index contributed by atoms with van der Waals surface area (Å²) >= 11 is 7.37. The summed E-state index contributed by atoms with van der Waals surface area (Å²) in [7, 11) is 0. The van der Waals surface area contributed by atoms with Crippen molar-refractivity contribution in [3.05, 3.63) is 57.8 Å². The van der Waals surface area contributed by atoms with Crippen molar-refractivity contribution in [2.75, 3.05) is 6.61 Å². The molecule has 3 heterocycles. The van der Waals surface area contributed by atoms with Crippen LogP contribution >= 0.6 is 23.6 Å². The number of hydrogen-bond donors (Lipinski definition) is 1. The summed E-state index contributed by atoms with van der Waals surface area (Å²) < 4.78 is 27.5. The lowest BCUT2D eigenvalue weighted by Gasteiger charge is -2.43. The van der Waals surface area contributed by atoms with Gasteiger partial charge in [-0.15, -0.1) is 11.3 Å². The zero-order valence-electron chi connectivity index (χ0n) is 25.0. The van der Waals surface area contributed by atoms with E-state index in [0.717, 1.165) is 49.8 Å². The van der Waals surface area contributed by atoms with Gasteiger partial charge in [-0.05, 0) is 42.1 Å².